The highest BCUT2D eigenvalue weighted by atomic mass is 35.5. The minimum absolute atomic E-state index is 0.252. The highest BCUT2D eigenvalue weighted by Gasteiger charge is 2.15. The highest BCUT2D eigenvalue weighted by molar-refractivity contribution is 7.90. The van der Waals surface area contributed by atoms with Crippen LogP contribution >= 0.6 is 11.6 Å². The number of halogens is 2. The van der Waals surface area contributed by atoms with Crippen molar-refractivity contribution in [3.05, 3.63) is 28.5 Å². The van der Waals surface area contributed by atoms with E-state index in [-0.39, 0.29) is 9.92 Å². The standard InChI is InChI=1S/C8H8ClFO2S/c1-5-3-7(10)8(4-6(5)9)13(2,11)12/h3-4H,1-2H3. The van der Waals surface area contributed by atoms with Crippen LogP contribution in [0.5, 0.6) is 0 Å². The zero-order chi connectivity index (χ0) is 10.2. The van der Waals surface area contributed by atoms with Crippen molar-refractivity contribution in [1.29, 1.82) is 0 Å². The predicted molar refractivity (Wildman–Crippen MR) is 49.3 cm³/mol. The molecule has 1 aromatic carbocycles. The molecule has 72 valence electrons. The summed E-state index contributed by atoms with van der Waals surface area (Å²) in [5.41, 5.74) is 0.520. The molecule has 0 saturated heterocycles. The van der Waals surface area contributed by atoms with Crippen LogP contribution in [0.3, 0.4) is 0 Å². The Morgan fingerprint density at radius 3 is 2.38 bits per heavy atom. The van der Waals surface area contributed by atoms with Crippen LogP contribution in [0.1, 0.15) is 5.56 Å². The molecule has 1 aromatic rings. The lowest BCUT2D eigenvalue weighted by molar-refractivity contribution is 0.570. The molecule has 0 spiro atoms. The molecule has 13 heavy (non-hydrogen) atoms. The van der Waals surface area contributed by atoms with Crippen molar-refractivity contribution < 1.29 is 12.8 Å². The van der Waals surface area contributed by atoms with Gasteiger partial charge in [-0.05, 0) is 24.6 Å². The van der Waals surface area contributed by atoms with Crippen molar-refractivity contribution in [1.82, 2.24) is 0 Å². The Labute approximate surface area is 81.3 Å². The molecule has 0 radical (unpaired) electrons. The van der Waals surface area contributed by atoms with Gasteiger partial charge < -0.3 is 0 Å². The lowest BCUT2D eigenvalue weighted by Crippen LogP contribution is -2.01. The summed E-state index contributed by atoms with van der Waals surface area (Å²) >= 11 is 5.66. The Balaban J connectivity index is 3.50. The zero-order valence-corrected chi connectivity index (χ0v) is 8.71. The molecule has 0 aliphatic heterocycles. The van der Waals surface area contributed by atoms with E-state index in [1.807, 2.05) is 0 Å². The first-order chi connectivity index (χ1) is 5.82. The molecule has 0 unspecified atom stereocenters. The van der Waals surface area contributed by atoms with Gasteiger partial charge in [0, 0.05) is 11.3 Å². The maximum absolute atomic E-state index is 13.1. The van der Waals surface area contributed by atoms with Gasteiger partial charge in [-0.15, -0.1) is 0 Å². The van der Waals surface area contributed by atoms with Crippen LogP contribution in [-0.4, -0.2) is 14.7 Å². The average molecular weight is 223 g/mol. The maximum atomic E-state index is 13.1. The number of rotatable bonds is 1. The number of benzene rings is 1. The molecule has 5 heteroatoms. The Hall–Kier alpha value is -0.610. The fraction of sp³-hybridized carbons (Fsp3) is 0.250. The van der Waals surface area contributed by atoms with E-state index in [0.717, 1.165) is 18.4 Å². The Morgan fingerprint density at radius 1 is 1.38 bits per heavy atom. The van der Waals surface area contributed by atoms with Gasteiger partial charge in [0.15, 0.2) is 9.84 Å². The lowest BCUT2D eigenvalue weighted by atomic mass is 10.2. The van der Waals surface area contributed by atoms with Crippen LogP contribution in [-0.2, 0) is 9.84 Å². The molecule has 0 saturated carbocycles. The number of hydrogen-bond acceptors (Lipinski definition) is 2. The van der Waals surface area contributed by atoms with Crippen LogP contribution in [0.2, 0.25) is 5.02 Å². The molecule has 0 aromatic heterocycles. The van der Waals surface area contributed by atoms with E-state index in [9.17, 15) is 12.8 Å². The fourth-order valence-electron chi connectivity index (χ4n) is 0.912. The molecule has 0 aliphatic rings. The van der Waals surface area contributed by atoms with E-state index >= 15 is 0 Å². The van der Waals surface area contributed by atoms with Gasteiger partial charge in [-0.25, -0.2) is 12.8 Å². The summed E-state index contributed by atoms with van der Waals surface area (Å²) in [5.74, 6) is -0.760. The molecule has 0 aliphatic carbocycles. The number of hydrogen-bond donors (Lipinski definition) is 0. The highest BCUT2D eigenvalue weighted by Crippen LogP contribution is 2.23. The van der Waals surface area contributed by atoms with Crippen molar-refractivity contribution in [2.24, 2.45) is 0 Å². The first-order valence-corrected chi connectivity index (χ1v) is 5.75. The van der Waals surface area contributed by atoms with Crippen LogP contribution in [0, 0.1) is 12.7 Å². The Bertz CT molecular complexity index is 440. The predicted octanol–water partition coefficient (Wildman–Crippen LogP) is 2.19. The SMILES string of the molecule is Cc1cc(F)c(S(C)(=O)=O)cc1Cl. The topological polar surface area (TPSA) is 34.1 Å². The van der Waals surface area contributed by atoms with E-state index < -0.39 is 15.7 Å². The second kappa shape index (κ2) is 3.27. The van der Waals surface area contributed by atoms with Gasteiger partial charge in [-0.2, -0.15) is 0 Å². The van der Waals surface area contributed by atoms with Crippen molar-refractivity contribution in [2.45, 2.75) is 11.8 Å². The van der Waals surface area contributed by atoms with Crippen LogP contribution < -0.4 is 0 Å². The van der Waals surface area contributed by atoms with Gasteiger partial charge in [0.2, 0.25) is 0 Å². The molecule has 0 fully saturated rings. The van der Waals surface area contributed by atoms with Gasteiger partial charge >= 0.3 is 0 Å². The molecule has 0 atom stereocenters. The summed E-state index contributed by atoms with van der Waals surface area (Å²) in [6, 6.07) is 2.24. The summed E-state index contributed by atoms with van der Waals surface area (Å²) in [4.78, 5) is -0.358. The summed E-state index contributed by atoms with van der Waals surface area (Å²) in [7, 11) is -3.53. The van der Waals surface area contributed by atoms with Crippen molar-refractivity contribution in [2.75, 3.05) is 6.26 Å². The van der Waals surface area contributed by atoms with Gasteiger partial charge in [-0.1, -0.05) is 11.6 Å². The van der Waals surface area contributed by atoms with Crippen LogP contribution in [0.15, 0.2) is 17.0 Å². The number of sulfone groups is 1. The third-order valence-electron chi connectivity index (χ3n) is 1.61. The molecule has 0 bridgehead atoms. The lowest BCUT2D eigenvalue weighted by Gasteiger charge is -2.03. The maximum Gasteiger partial charge on any atom is 0.178 e. The van der Waals surface area contributed by atoms with E-state index in [2.05, 4.69) is 0 Å². The smallest absolute Gasteiger partial charge is 0.178 e. The van der Waals surface area contributed by atoms with Crippen LogP contribution in [0.4, 0.5) is 4.39 Å². The average Bonchev–Trinajstić information content (AvgIpc) is 1.94. The van der Waals surface area contributed by atoms with Gasteiger partial charge in [0.05, 0.1) is 0 Å². The summed E-state index contributed by atoms with van der Waals surface area (Å²) < 4.78 is 35.1. The molecular formula is C8H8ClFO2S. The van der Waals surface area contributed by atoms with Crippen molar-refractivity contribution in [3.8, 4) is 0 Å². The molecule has 0 heterocycles. The normalized spacial score (nSPS) is 11.7. The molecule has 2 nitrogen and oxygen atoms in total. The second-order valence-electron chi connectivity index (χ2n) is 2.80. The van der Waals surface area contributed by atoms with E-state index in [0.29, 0.717) is 5.56 Å². The third-order valence-corrected chi connectivity index (χ3v) is 3.13. The van der Waals surface area contributed by atoms with Crippen molar-refractivity contribution >= 4 is 21.4 Å². The molecule has 0 amide bonds. The molecule has 0 N–H and O–H groups in total. The summed E-state index contributed by atoms with van der Waals surface area (Å²) in [5, 5.41) is 0.252. The minimum atomic E-state index is -3.53. The van der Waals surface area contributed by atoms with Gasteiger partial charge in [0.25, 0.3) is 0 Å². The minimum Gasteiger partial charge on any atom is -0.224 e. The van der Waals surface area contributed by atoms with Crippen molar-refractivity contribution in [3.63, 3.8) is 0 Å². The zero-order valence-electron chi connectivity index (χ0n) is 7.14. The summed E-state index contributed by atoms with van der Waals surface area (Å²) in [6.07, 6.45) is 0.942. The van der Waals surface area contributed by atoms with Gasteiger partial charge in [0.1, 0.15) is 10.7 Å². The van der Waals surface area contributed by atoms with E-state index in [1.54, 1.807) is 6.92 Å². The largest absolute Gasteiger partial charge is 0.224 e. The first kappa shape index (κ1) is 10.5. The van der Waals surface area contributed by atoms with E-state index in [1.165, 1.54) is 0 Å². The second-order valence-corrected chi connectivity index (χ2v) is 5.20. The Kier molecular flexibility index (Phi) is 2.63. The Morgan fingerprint density at radius 2 is 1.92 bits per heavy atom. The number of aryl methyl sites for hydroxylation is 1. The molecular weight excluding hydrogens is 215 g/mol. The van der Waals surface area contributed by atoms with Gasteiger partial charge in [-0.3, -0.25) is 0 Å². The fourth-order valence-corrected chi connectivity index (χ4v) is 1.89. The van der Waals surface area contributed by atoms with Crippen LogP contribution in [0.25, 0.3) is 0 Å². The molecule has 1 rings (SSSR count). The monoisotopic (exact) mass is 222 g/mol. The third kappa shape index (κ3) is 2.19. The quantitative estimate of drug-likeness (QED) is 0.730. The first-order valence-electron chi connectivity index (χ1n) is 3.48. The summed E-state index contributed by atoms with van der Waals surface area (Å²) in [6.45, 7) is 1.61. The van der Waals surface area contributed by atoms with E-state index in [4.69, 9.17) is 11.6 Å².